The summed E-state index contributed by atoms with van der Waals surface area (Å²) in [4.78, 5) is 12.1. The maximum absolute atomic E-state index is 12.1. The van der Waals surface area contributed by atoms with Gasteiger partial charge < -0.3 is 9.84 Å². The molecule has 2 aliphatic carbocycles. The van der Waals surface area contributed by atoms with E-state index >= 15 is 0 Å². The highest BCUT2D eigenvalue weighted by molar-refractivity contribution is 8.00. The van der Waals surface area contributed by atoms with Crippen LogP contribution in [-0.4, -0.2) is 46.4 Å². The quantitative estimate of drug-likeness (QED) is 0.728. The third-order valence-corrected chi connectivity index (χ3v) is 5.80. The van der Waals surface area contributed by atoms with E-state index in [1.54, 1.807) is 11.8 Å². The molecule has 110 valence electrons. The van der Waals surface area contributed by atoms with E-state index < -0.39 is 5.54 Å². The summed E-state index contributed by atoms with van der Waals surface area (Å²) in [7, 11) is 1.47. The molecule has 0 aromatic carbocycles. The van der Waals surface area contributed by atoms with Gasteiger partial charge >= 0.3 is 5.97 Å². The number of carbonyl (C=O) groups excluding carboxylic acids is 1. The zero-order valence-electron chi connectivity index (χ0n) is 12.0. The monoisotopic (exact) mass is 287 g/mol. The number of nitrogens with one attached hydrogen (secondary N) is 1. The van der Waals surface area contributed by atoms with Crippen LogP contribution in [-0.2, 0) is 9.53 Å². The number of methoxy groups -OCH3 is 1. The summed E-state index contributed by atoms with van der Waals surface area (Å²) in [6, 6.07) is 0.497. The van der Waals surface area contributed by atoms with E-state index in [9.17, 15) is 9.90 Å². The van der Waals surface area contributed by atoms with Gasteiger partial charge in [-0.05, 0) is 39.0 Å². The lowest BCUT2D eigenvalue weighted by atomic mass is 9.97. The van der Waals surface area contributed by atoms with Crippen LogP contribution in [0.3, 0.4) is 0 Å². The van der Waals surface area contributed by atoms with Crippen LogP contribution in [0.15, 0.2) is 0 Å². The zero-order chi connectivity index (χ0) is 14.0. The molecular formula is C14H25NO3S. The normalized spacial score (nSPS) is 34.0. The molecule has 4 atom stereocenters. The van der Waals surface area contributed by atoms with Gasteiger partial charge in [0.1, 0.15) is 5.54 Å². The highest BCUT2D eigenvalue weighted by Crippen LogP contribution is 2.41. The molecule has 5 heteroatoms. The van der Waals surface area contributed by atoms with Crippen molar-refractivity contribution in [2.75, 3.05) is 7.11 Å². The lowest BCUT2D eigenvalue weighted by Gasteiger charge is -2.28. The molecule has 0 spiro atoms. The number of hydrogen-bond donors (Lipinski definition) is 2. The highest BCUT2D eigenvalue weighted by Gasteiger charge is 2.49. The predicted molar refractivity (Wildman–Crippen MR) is 77.3 cm³/mol. The molecule has 2 saturated carbocycles. The first kappa shape index (κ1) is 15.1. The van der Waals surface area contributed by atoms with Crippen molar-refractivity contribution >= 4 is 17.7 Å². The molecule has 0 aromatic rings. The van der Waals surface area contributed by atoms with Crippen molar-refractivity contribution in [1.82, 2.24) is 5.32 Å². The Hall–Kier alpha value is -0.260. The summed E-state index contributed by atoms with van der Waals surface area (Å²) in [5.74, 6) is -0.118. The second-order valence-corrected chi connectivity index (χ2v) is 7.62. The van der Waals surface area contributed by atoms with Crippen molar-refractivity contribution in [2.45, 2.75) is 74.1 Å². The molecule has 2 N–H and O–H groups in total. The van der Waals surface area contributed by atoms with Crippen LogP contribution in [0.25, 0.3) is 0 Å². The smallest absolute Gasteiger partial charge is 0.326 e. The van der Waals surface area contributed by atoms with Gasteiger partial charge in [0.05, 0.1) is 13.2 Å². The van der Waals surface area contributed by atoms with Crippen LogP contribution in [0, 0.1) is 0 Å². The van der Waals surface area contributed by atoms with Crippen LogP contribution < -0.4 is 5.32 Å². The largest absolute Gasteiger partial charge is 0.468 e. The first-order valence-electron chi connectivity index (χ1n) is 7.16. The number of esters is 1. The molecule has 0 saturated heterocycles. The lowest BCUT2D eigenvalue weighted by molar-refractivity contribution is -0.148. The second-order valence-electron chi connectivity index (χ2n) is 5.94. The maximum Gasteiger partial charge on any atom is 0.326 e. The molecule has 2 fully saturated rings. The molecule has 0 amide bonds. The Balaban J connectivity index is 1.96. The van der Waals surface area contributed by atoms with Crippen molar-refractivity contribution in [3.05, 3.63) is 0 Å². The summed E-state index contributed by atoms with van der Waals surface area (Å²) in [5.41, 5.74) is -0.480. The predicted octanol–water partition coefficient (Wildman–Crippen LogP) is 1.71. The van der Waals surface area contributed by atoms with Gasteiger partial charge in [0.25, 0.3) is 0 Å². The number of aliphatic hydroxyl groups excluding tert-OH is 1. The average molecular weight is 287 g/mol. The Morgan fingerprint density at radius 3 is 2.63 bits per heavy atom. The molecule has 4 nitrogen and oxygen atoms in total. The number of carbonyl (C=O) groups is 1. The van der Waals surface area contributed by atoms with E-state index in [4.69, 9.17) is 4.74 Å². The fourth-order valence-electron chi connectivity index (χ4n) is 2.72. The van der Waals surface area contributed by atoms with Gasteiger partial charge in [-0.1, -0.05) is 6.92 Å². The van der Waals surface area contributed by atoms with Crippen LogP contribution in [0.4, 0.5) is 0 Å². The van der Waals surface area contributed by atoms with Crippen LogP contribution in [0.5, 0.6) is 0 Å². The van der Waals surface area contributed by atoms with Gasteiger partial charge in [0, 0.05) is 16.5 Å². The molecule has 0 aliphatic heterocycles. The summed E-state index contributed by atoms with van der Waals surface area (Å²) < 4.78 is 5.01. The van der Waals surface area contributed by atoms with Crippen molar-refractivity contribution in [1.29, 1.82) is 0 Å². The minimum Gasteiger partial charge on any atom is -0.468 e. The zero-order valence-corrected chi connectivity index (χ0v) is 12.8. The fourth-order valence-corrected chi connectivity index (χ4v) is 4.19. The molecule has 2 aliphatic rings. The topological polar surface area (TPSA) is 58.6 Å². The molecule has 0 aromatic heterocycles. The third kappa shape index (κ3) is 3.64. The number of rotatable bonds is 6. The Bertz CT molecular complexity index is 333. The van der Waals surface area contributed by atoms with Crippen molar-refractivity contribution in [3.63, 3.8) is 0 Å². The molecule has 19 heavy (non-hydrogen) atoms. The van der Waals surface area contributed by atoms with E-state index in [2.05, 4.69) is 5.32 Å². The average Bonchev–Trinajstić information content (AvgIpc) is 3.08. The summed E-state index contributed by atoms with van der Waals surface area (Å²) in [6.45, 7) is 3.87. The summed E-state index contributed by atoms with van der Waals surface area (Å²) >= 11 is 1.80. The van der Waals surface area contributed by atoms with E-state index in [1.807, 2.05) is 13.8 Å². The summed E-state index contributed by atoms with van der Waals surface area (Å²) in [6.07, 6.45) is 4.70. The first-order valence-corrected chi connectivity index (χ1v) is 8.11. The van der Waals surface area contributed by atoms with Gasteiger partial charge in [-0.3, -0.25) is 10.1 Å². The van der Waals surface area contributed by atoms with Gasteiger partial charge in [0.2, 0.25) is 0 Å². The van der Waals surface area contributed by atoms with Gasteiger partial charge in [-0.25, -0.2) is 0 Å². The van der Waals surface area contributed by atoms with Gasteiger partial charge in [-0.2, -0.15) is 11.8 Å². The van der Waals surface area contributed by atoms with Crippen molar-refractivity contribution in [2.24, 2.45) is 0 Å². The second kappa shape index (κ2) is 6.02. The van der Waals surface area contributed by atoms with E-state index in [1.165, 1.54) is 20.0 Å². The first-order chi connectivity index (χ1) is 8.97. The van der Waals surface area contributed by atoms with Crippen LogP contribution in [0.2, 0.25) is 0 Å². The van der Waals surface area contributed by atoms with E-state index in [0.29, 0.717) is 11.3 Å². The van der Waals surface area contributed by atoms with Gasteiger partial charge in [-0.15, -0.1) is 0 Å². The Morgan fingerprint density at radius 1 is 1.42 bits per heavy atom. The number of ether oxygens (including phenoxy) is 1. The van der Waals surface area contributed by atoms with Gasteiger partial charge in [0.15, 0.2) is 0 Å². The highest BCUT2D eigenvalue weighted by atomic mass is 32.2. The lowest BCUT2D eigenvalue weighted by Crippen LogP contribution is -2.52. The standard InChI is InChI=1S/C14H25NO3S/c1-9(16)10(2)19-12-6-7-14(8-12,13(17)18-3)15-11-4-5-11/h9-12,15-16H,4-8H2,1-3H3. The Labute approximate surface area is 119 Å². The van der Waals surface area contributed by atoms with E-state index in [0.717, 1.165) is 19.3 Å². The van der Waals surface area contributed by atoms with Crippen LogP contribution in [0.1, 0.15) is 46.0 Å². The molecule has 0 radical (unpaired) electrons. The fraction of sp³-hybridized carbons (Fsp3) is 0.929. The Kier molecular flexibility index (Phi) is 4.79. The third-order valence-electron chi connectivity index (χ3n) is 4.19. The number of aliphatic hydroxyl groups is 1. The number of thioether (sulfide) groups is 1. The Morgan fingerprint density at radius 2 is 2.11 bits per heavy atom. The van der Waals surface area contributed by atoms with E-state index in [-0.39, 0.29) is 17.3 Å². The minimum atomic E-state index is -0.480. The molecule has 0 heterocycles. The molecular weight excluding hydrogens is 262 g/mol. The molecule has 0 bridgehead atoms. The number of hydrogen-bond acceptors (Lipinski definition) is 5. The van der Waals surface area contributed by atoms with Crippen molar-refractivity contribution < 1.29 is 14.6 Å². The minimum absolute atomic E-state index is 0.118. The summed E-state index contributed by atoms with van der Waals surface area (Å²) in [5, 5.41) is 13.7. The molecule has 4 unspecified atom stereocenters. The SMILES string of the molecule is COC(=O)C1(NC2CC2)CCC(SC(C)C(C)O)C1. The van der Waals surface area contributed by atoms with Crippen LogP contribution >= 0.6 is 11.8 Å². The van der Waals surface area contributed by atoms with Crippen molar-refractivity contribution in [3.8, 4) is 0 Å². The maximum atomic E-state index is 12.1. The molecule has 2 rings (SSSR count).